The summed E-state index contributed by atoms with van der Waals surface area (Å²) in [5.74, 6) is 0.399. The second-order valence-corrected chi connectivity index (χ2v) is 8.51. The Morgan fingerprint density at radius 2 is 1.77 bits per heavy atom. The van der Waals surface area contributed by atoms with Crippen LogP contribution in [0, 0.1) is 12.8 Å². The molecule has 3 aromatic rings. The molecule has 0 bridgehead atoms. The zero-order valence-electron chi connectivity index (χ0n) is 19.0. The third-order valence-electron chi connectivity index (χ3n) is 5.21. The van der Waals surface area contributed by atoms with Crippen LogP contribution in [0.25, 0.3) is 11.1 Å². The number of pyridine rings is 1. The maximum absolute atomic E-state index is 12.7. The van der Waals surface area contributed by atoms with Gasteiger partial charge in [-0.05, 0) is 48.4 Å². The molecule has 2 aromatic carbocycles. The number of nitrogens with one attached hydrogen (secondary N) is 2. The number of benzene rings is 2. The molecule has 0 aliphatic rings. The van der Waals surface area contributed by atoms with Gasteiger partial charge >= 0.3 is 0 Å². The molecule has 1 aromatic heterocycles. The van der Waals surface area contributed by atoms with Crippen molar-refractivity contribution in [1.82, 2.24) is 10.3 Å². The van der Waals surface area contributed by atoms with Crippen molar-refractivity contribution in [2.45, 2.75) is 47.1 Å². The first kappa shape index (κ1) is 22.7. The van der Waals surface area contributed by atoms with E-state index < -0.39 is 0 Å². The van der Waals surface area contributed by atoms with Gasteiger partial charge in [-0.2, -0.15) is 0 Å². The number of carbonyl (C=O) groups excluding carboxylic acids is 1. The van der Waals surface area contributed by atoms with E-state index >= 15 is 0 Å². The van der Waals surface area contributed by atoms with Crippen molar-refractivity contribution in [3.05, 3.63) is 83.2 Å². The van der Waals surface area contributed by atoms with Gasteiger partial charge in [0.2, 0.25) is 5.91 Å². The van der Waals surface area contributed by atoms with E-state index in [1.54, 1.807) is 0 Å². The molecule has 0 aliphatic carbocycles. The Morgan fingerprint density at radius 3 is 2.52 bits per heavy atom. The molecule has 2 N–H and O–H groups in total. The first-order chi connectivity index (χ1) is 14.9. The van der Waals surface area contributed by atoms with Crippen LogP contribution in [0.2, 0.25) is 0 Å². The molecule has 0 aliphatic heterocycles. The number of carbonyl (C=O) groups is 1. The monoisotopic (exact) mass is 415 g/mol. The lowest BCUT2D eigenvalue weighted by Crippen LogP contribution is -2.28. The summed E-state index contributed by atoms with van der Waals surface area (Å²) in [6.07, 6.45) is 3.72. The quantitative estimate of drug-likeness (QED) is 0.482. The summed E-state index contributed by atoms with van der Waals surface area (Å²) in [5, 5.41) is 6.33. The van der Waals surface area contributed by atoms with Gasteiger partial charge in [-0.25, -0.2) is 0 Å². The van der Waals surface area contributed by atoms with Gasteiger partial charge in [0.25, 0.3) is 0 Å². The van der Waals surface area contributed by atoms with Gasteiger partial charge in [-0.15, -0.1) is 0 Å². The van der Waals surface area contributed by atoms with E-state index in [-0.39, 0.29) is 12.5 Å². The zero-order valence-corrected chi connectivity index (χ0v) is 19.0. The van der Waals surface area contributed by atoms with Crippen LogP contribution in [0.15, 0.2) is 60.8 Å². The Balaban J connectivity index is 1.72. The van der Waals surface area contributed by atoms with Gasteiger partial charge in [0.15, 0.2) is 0 Å². The summed E-state index contributed by atoms with van der Waals surface area (Å²) in [7, 11) is 0. The Morgan fingerprint density at radius 1 is 1.00 bits per heavy atom. The number of aryl methyl sites for hydroxylation is 2. The Hall–Kier alpha value is -2.98. The molecule has 1 amide bonds. The molecule has 4 nitrogen and oxygen atoms in total. The number of anilines is 1. The summed E-state index contributed by atoms with van der Waals surface area (Å²) in [4.78, 5) is 17.4. The normalized spacial score (nSPS) is 11.0. The minimum atomic E-state index is -0.0566. The van der Waals surface area contributed by atoms with Gasteiger partial charge in [0, 0.05) is 18.3 Å². The van der Waals surface area contributed by atoms with Crippen molar-refractivity contribution in [2.75, 3.05) is 11.9 Å². The van der Waals surface area contributed by atoms with Gasteiger partial charge in [-0.3, -0.25) is 9.78 Å². The summed E-state index contributed by atoms with van der Waals surface area (Å²) in [6, 6.07) is 18.8. The molecule has 0 saturated heterocycles. The zero-order chi connectivity index (χ0) is 22.2. The summed E-state index contributed by atoms with van der Waals surface area (Å²) < 4.78 is 0. The van der Waals surface area contributed by atoms with Gasteiger partial charge in [-0.1, -0.05) is 74.9 Å². The second kappa shape index (κ2) is 10.9. The lowest BCUT2D eigenvalue weighted by molar-refractivity contribution is -0.115. The number of hydrogen-bond donors (Lipinski definition) is 2. The van der Waals surface area contributed by atoms with Crippen LogP contribution in [0.4, 0.5) is 5.69 Å². The molecule has 31 heavy (non-hydrogen) atoms. The smallest absolute Gasteiger partial charge is 0.238 e. The van der Waals surface area contributed by atoms with Crippen LogP contribution in [0.5, 0.6) is 0 Å². The average molecular weight is 416 g/mol. The molecule has 162 valence electrons. The minimum absolute atomic E-state index is 0.0566. The first-order valence-corrected chi connectivity index (χ1v) is 11.1. The summed E-state index contributed by atoms with van der Waals surface area (Å²) in [6.45, 7) is 9.46. The van der Waals surface area contributed by atoms with Crippen molar-refractivity contribution >= 4 is 11.6 Å². The molecule has 0 unspecified atom stereocenters. The predicted molar refractivity (Wildman–Crippen MR) is 129 cm³/mol. The SMILES string of the molecule is CCc1cccc(-c2cnc(CC(C)C)c(NC(=O)CNCc3cccc(C)c3)c2)c1. The van der Waals surface area contributed by atoms with E-state index in [0.717, 1.165) is 35.3 Å². The molecule has 1 heterocycles. The molecule has 0 atom stereocenters. The van der Waals surface area contributed by atoms with Gasteiger partial charge in [0.1, 0.15) is 0 Å². The minimum Gasteiger partial charge on any atom is -0.323 e. The molecular weight excluding hydrogens is 382 g/mol. The number of rotatable bonds is 9. The highest BCUT2D eigenvalue weighted by atomic mass is 16.1. The highest BCUT2D eigenvalue weighted by molar-refractivity contribution is 5.93. The average Bonchev–Trinajstić information content (AvgIpc) is 2.75. The van der Waals surface area contributed by atoms with Crippen molar-refractivity contribution < 1.29 is 4.79 Å². The highest BCUT2D eigenvalue weighted by Crippen LogP contribution is 2.26. The molecule has 0 spiro atoms. The van der Waals surface area contributed by atoms with E-state index in [0.29, 0.717) is 12.5 Å². The maximum Gasteiger partial charge on any atom is 0.238 e. The number of amides is 1. The van der Waals surface area contributed by atoms with Crippen molar-refractivity contribution in [3.63, 3.8) is 0 Å². The lowest BCUT2D eigenvalue weighted by Gasteiger charge is -2.15. The third-order valence-corrected chi connectivity index (χ3v) is 5.21. The molecule has 4 heteroatoms. The largest absolute Gasteiger partial charge is 0.323 e. The van der Waals surface area contributed by atoms with Crippen LogP contribution in [0.3, 0.4) is 0 Å². The maximum atomic E-state index is 12.7. The lowest BCUT2D eigenvalue weighted by atomic mass is 10.0. The number of aromatic nitrogens is 1. The van der Waals surface area contributed by atoms with Crippen LogP contribution in [0.1, 0.15) is 43.2 Å². The predicted octanol–water partition coefficient (Wildman–Crippen LogP) is 5.55. The molecule has 0 fully saturated rings. The van der Waals surface area contributed by atoms with Crippen molar-refractivity contribution in [1.29, 1.82) is 0 Å². The Labute approximate surface area is 186 Å². The van der Waals surface area contributed by atoms with Crippen molar-refractivity contribution in [2.24, 2.45) is 5.92 Å². The second-order valence-electron chi connectivity index (χ2n) is 8.51. The van der Waals surface area contributed by atoms with E-state index in [4.69, 9.17) is 4.98 Å². The summed E-state index contributed by atoms with van der Waals surface area (Å²) in [5.41, 5.74) is 7.55. The molecule has 3 rings (SSSR count). The molecular formula is C27H33N3O. The fourth-order valence-corrected chi connectivity index (χ4v) is 3.62. The van der Waals surface area contributed by atoms with Crippen molar-refractivity contribution in [3.8, 4) is 11.1 Å². The van der Waals surface area contributed by atoms with Crippen LogP contribution in [-0.4, -0.2) is 17.4 Å². The highest BCUT2D eigenvalue weighted by Gasteiger charge is 2.12. The third kappa shape index (κ3) is 6.76. The molecule has 0 radical (unpaired) electrons. The Bertz CT molecular complexity index is 1030. The number of hydrogen-bond acceptors (Lipinski definition) is 3. The van der Waals surface area contributed by atoms with E-state index in [1.165, 1.54) is 16.7 Å². The van der Waals surface area contributed by atoms with Gasteiger partial charge in [0.05, 0.1) is 17.9 Å². The van der Waals surface area contributed by atoms with Crippen LogP contribution >= 0.6 is 0 Å². The van der Waals surface area contributed by atoms with E-state index in [2.05, 4.69) is 86.9 Å². The van der Waals surface area contributed by atoms with E-state index in [1.807, 2.05) is 12.3 Å². The standard InChI is InChI=1S/C27H33N3O/c1-5-21-9-7-11-23(14-21)24-15-26(25(29-17-24)12-19(2)3)30-27(31)18-28-16-22-10-6-8-20(4)13-22/h6-11,13-15,17,19,28H,5,12,16,18H2,1-4H3,(H,30,31). The van der Waals surface area contributed by atoms with Gasteiger partial charge < -0.3 is 10.6 Å². The van der Waals surface area contributed by atoms with Crippen LogP contribution < -0.4 is 10.6 Å². The van der Waals surface area contributed by atoms with E-state index in [9.17, 15) is 4.79 Å². The topological polar surface area (TPSA) is 54.0 Å². The fraction of sp³-hybridized carbons (Fsp3) is 0.333. The number of nitrogens with zero attached hydrogens (tertiary/aromatic N) is 1. The molecule has 0 saturated carbocycles. The Kier molecular flexibility index (Phi) is 7.96. The first-order valence-electron chi connectivity index (χ1n) is 11.1. The van der Waals surface area contributed by atoms with Crippen LogP contribution in [-0.2, 0) is 24.2 Å². The summed E-state index contributed by atoms with van der Waals surface area (Å²) >= 11 is 0. The fourth-order valence-electron chi connectivity index (χ4n) is 3.62.